The number of fused-ring (bicyclic) bond motifs is 1. The molecule has 1 fully saturated rings. The maximum Gasteiger partial charge on any atom is 0.233 e. The molecule has 24 heavy (non-hydrogen) atoms. The average molecular weight is 330 g/mol. The lowest BCUT2D eigenvalue weighted by molar-refractivity contribution is -0.140. The first kappa shape index (κ1) is 16.4. The largest absolute Gasteiger partial charge is 0.326 e. The van der Waals surface area contributed by atoms with Gasteiger partial charge >= 0.3 is 0 Å². The van der Waals surface area contributed by atoms with E-state index in [9.17, 15) is 18.8 Å². The molecule has 6 heteroatoms. The summed E-state index contributed by atoms with van der Waals surface area (Å²) in [5.74, 6) is -1.40. The molecule has 126 valence electrons. The summed E-state index contributed by atoms with van der Waals surface area (Å²) in [6.07, 6.45) is 5.69. The van der Waals surface area contributed by atoms with Crippen LogP contribution in [0.1, 0.15) is 25.7 Å². The SMILES string of the molecule is O=C(CCCN1C(=O)[C@H]2CC=CC[C@@H]2C1=O)Nc1cccc(F)c1. The summed E-state index contributed by atoms with van der Waals surface area (Å²) in [5.41, 5.74) is 0.394. The third-order valence-electron chi connectivity index (χ3n) is 4.49. The van der Waals surface area contributed by atoms with E-state index in [1.54, 1.807) is 6.07 Å². The predicted octanol–water partition coefficient (Wildman–Crippen LogP) is 2.50. The van der Waals surface area contributed by atoms with Crippen molar-refractivity contribution in [2.24, 2.45) is 11.8 Å². The van der Waals surface area contributed by atoms with Crippen molar-refractivity contribution in [1.29, 1.82) is 0 Å². The molecule has 1 aromatic rings. The van der Waals surface area contributed by atoms with Gasteiger partial charge in [-0.2, -0.15) is 0 Å². The van der Waals surface area contributed by atoms with Gasteiger partial charge in [0.25, 0.3) is 0 Å². The van der Waals surface area contributed by atoms with E-state index in [2.05, 4.69) is 5.32 Å². The quantitative estimate of drug-likeness (QED) is 0.666. The van der Waals surface area contributed by atoms with Crippen molar-refractivity contribution in [3.8, 4) is 0 Å². The van der Waals surface area contributed by atoms with Crippen LogP contribution < -0.4 is 5.32 Å². The summed E-state index contributed by atoms with van der Waals surface area (Å²) in [7, 11) is 0. The second-order valence-electron chi connectivity index (χ2n) is 6.15. The van der Waals surface area contributed by atoms with Crippen LogP contribution in [0.3, 0.4) is 0 Å². The first-order valence-corrected chi connectivity index (χ1v) is 8.12. The fraction of sp³-hybridized carbons (Fsp3) is 0.389. The van der Waals surface area contributed by atoms with Gasteiger partial charge in [-0.05, 0) is 37.5 Å². The molecule has 1 aliphatic heterocycles. The highest BCUT2D eigenvalue weighted by atomic mass is 19.1. The molecule has 5 nitrogen and oxygen atoms in total. The Balaban J connectivity index is 1.49. The van der Waals surface area contributed by atoms with Gasteiger partial charge in [0.05, 0.1) is 11.8 Å². The third-order valence-corrected chi connectivity index (χ3v) is 4.49. The first-order valence-electron chi connectivity index (χ1n) is 8.12. The van der Waals surface area contributed by atoms with Crippen molar-refractivity contribution >= 4 is 23.4 Å². The second kappa shape index (κ2) is 6.95. The topological polar surface area (TPSA) is 66.5 Å². The number of likely N-dealkylation sites (tertiary alicyclic amines) is 1. The lowest BCUT2D eigenvalue weighted by atomic mass is 9.85. The number of carbonyl (C=O) groups excluding carboxylic acids is 3. The zero-order valence-corrected chi connectivity index (χ0v) is 13.2. The lowest BCUT2D eigenvalue weighted by Crippen LogP contribution is -2.32. The van der Waals surface area contributed by atoms with Crippen LogP contribution in [-0.4, -0.2) is 29.2 Å². The van der Waals surface area contributed by atoms with Gasteiger partial charge in [-0.3, -0.25) is 19.3 Å². The smallest absolute Gasteiger partial charge is 0.233 e. The van der Waals surface area contributed by atoms with Crippen LogP contribution in [0.25, 0.3) is 0 Å². The molecule has 0 bridgehead atoms. The summed E-state index contributed by atoms with van der Waals surface area (Å²) in [6.45, 7) is 0.251. The molecular weight excluding hydrogens is 311 g/mol. The van der Waals surface area contributed by atoms with Crippen LogP contribution in [0, 0.1) is 17.7 Å². The molecule has 2 aliphatic rings. The summed E-state index contributed by atoms with van der Waals surface area (Å²) in [5, 5.41) is 2.60. The monoisotopic (exact) mass is 330 g/mol. The lowest BCUT2D eigenvalue weighted by Gasteiger charge is -2.14. The summed E-state index contributed by atoms with van der Waals surface area (Å²) in [4.78, 5) is 37.7. The molecule has 0 aromatic heterocycles. The first-order chi connectivity index (χ1) is 11.6. The molecule has 0 spiro atoms. The maximum atomic E-state index is 13.1. The van der Waals surface area contributed by atoms with Gasteiger partial charge in [-0.1, -0.05) is 18.2 Å². The number of hydrogen-bond acceptors (Lipinski definition) is 3. The number of anilines is 1. The van der Waals surface area contributed by atoms with Gasteiger partial charge in [0.15, 0.2) is 0 Å². The van der Waals surface area contributed by atoms with Gasteiger partial charge in [0, 0.05) is 18.7 Å². The second-order valence-corrected chi connectivity index (χ2v) is 6.15. The van der Waals surface area contributed by atoms with E-state index in [0.29, 0.717) is 24.9 Å². The molecule has 0 unspecified atom stereocenters. The standard InChI is InChI=1S/C18H19FN2O3/c19-12-5-3-6-13(11-12)20-16(22)9-4-10-21-17(23)14-7-1-2-8-15(14)18(21)24/h1-3,5-6,11,14-15H,4,7-10H2,(H,20,22)/t14-,15-/m0/s1. The highest BCUT2D eigenvalue weighted by Gasteiger charge is 2.46. The van der Waals surface area contributed by atoms with Crippen molar-refractivity contribution in [3.63, 3.8) is 0 Å². The normalized spacial score (nSPS) is 22.6. The molecule has 3 rings (SSSR count). The Morgan fingerprint density at radius 3 is 2.46 bits per heavy atom. The number of hydrogen-bond donors (Lipinski definition) is 1. The van der Waals surface area contributed by atoms with Gasteiger partial charge in [0.1, 0.15) is 5.82 Å². The molecule has 0 radical (unpaired) electrons. The van der Waals surface area contributed by atoms with E-state index in [4.69, 9.17) is 0 Å². The molecule has 0 saturated carbocycles. The van der Waals surface area contributed by atoms with Gasteiger partial charge in [0.2, 0.25) is 17.7 Å². The van der Waals surface area contributed by atoms with E-state index >= 15 is 0 Å². The minimum Gasteiger partial charge on any atom is -0.326 e. The van der Waals surface area contributed by atoms with Crippen molar-refractivity contribution in [1.82, 2.24) is 4.90 Å². The highest BCUT2D eigenvalue weighted by molar-refractivity contribution is 6.05. The molecule has 1 heterocycles. The number of rotatable bonds is 5. The number of imide groups is 1. The zero-order chi connectivity index (χ0) is 17.1. The summed E-state index contributed by atoms with van der Waals surface area (Å²) < 4.78 is 13.1. The summed E-state index contributed by atoms with van der Waals surface area (Å²) >= 11 is 0. The molecule has 1 saturated heterocycles. The Bertz CT molecular complexity index is 675. The van der Waals surface area contributed by atoms with Crippen LogP contribution in [0.2, 0.25) is 0 Å². The molecule has 2 atom stereocenters. The molecule has 1 N–H and O–H groups in total. The summed E-state index contributed by atoms with van der Waals surface area (Å²) in [6, 6.07) is 5.66. The van der Waals surface area contributed by atoms with Crippen LogP contribution in [-0.2, 0) is 14.4 Å². The van der Waals surface area contributed by atoms with Gasteiger partial charge < -0.3 is 5.32 Å². The Morgan fingerprint density at radius 1 is 1.17 bits per heavy atom. The van der Waals surface area contributed by atoms with E-state index in [-0.39, 0.29) is 42.5 Å². The fourth-order valence-electron chi connectivity index (χ4n) is 3.28. The van der Waals surface area contributed by atoms with E-state index in [1.807, 2.05) is 12.2 Å². The number of nitrogens with zero attached hydrogens (tertiary/aromatic N) is 1. The minimum absolute atomic E-state index is 0.125. The van der Waals surface area contributed by atoms with Crippen molar-refractivity contribution in [3.05, 3.63) is 42.2 Å². The Kier molecular flexibility index (Phi) is 4.74. The average Bonchev–Trinajstić information content (AvgIpc) is 2.80. The molecule has 1 aromatic carbocycles. The fourth-order valence-corrected chi connectivity index (χ4v) is 3.28. The number of nitrogens with one attached hydrogen (secondary N) is 1. The van der Waals surface area contributed by atoms with Gasteiger partial charge in [-0.15, -0.1) is 0 Å². The van der Waals surface area contributed by atoms with E-state index in [0.717, 1.165) is 0 Å². The van der Waals surface area contributed by atoms with Crippen molar-refractivity contribution in [2.45, 2.75) is 25.7 Å². The van der Waals surface area contributed by atoms with E-state index in [1.165, 1.54) is 23.1 Å². The van der Waals surface area contributed by atoms with Crippen molar-refractivity contribution < 1.29 is 18.8 Å². The van der Waals surface area contributed by atoms with Crippen LogP contribution >= 0.6 is 0 Å². The van der Waals surface area contributed by atoms with Crippen LogP contribution in [0.4, 0.5) is 10.1 Å². The van der Waals surface area contributed by atoms with Crippen LogP contribution in [0.15, 0.2) is 36.4 Å². The van der Waals surface area contributed by atoms with E-state index < -0.39 is 5.82 Å². The highest BCUT2D eigenvalue weighted by Crippen LogP contribution is 2.35. The Morgan fingerprint density at radius 2 is 1.83 bits per heavy atom. The maximum absolute atomic E-state index is 13.1. The van der Waals surface area contributed by atoms with Crippen LogP contribution in [0.5, 0.6) is 0 Å². The third kappa shape index (κ3) is 3.37. The molecule has 1 aliphatic carbocycles. The molecule has 3 amide bonds. The minimum atomic E-state index is -0.419. The Hall–Kier alpha value is -2.50. The Labute approximate surface area is 139 Å². The number of carbonyl (C=O) groups is 3. The molecular formula is C18H19FN2O3. The zero-order valence-electron chi connectivity index (χ0n) is 13.2. The number of benzene rings is 1. The number of amides is 3. The van der Waals surface area contributed by atoms with Crippen molar-refractivity contribution in [2.75, 3.05) is 11.9 Å². The predicted molar refractivity (Wildman–Crippen MR) is 86.3 cm³/mol. The number of allylic oxidation sites excluding steroid dienone is 2. The number of halogens is 1. The van der Waals surface area contributed by atoms with Gasteiger partial charge in [-0.25, -0.2) is 4.39 Å².